The zero-order valence-corrected chi connectivity index (χ0v) is 38.4. The zero-order chi connectivity index (χ0) is 45.1. The summed E-state index contributed by atoms with van der Waals surface area (Å²) in [5.41, 5.74) is 16.2. The summed E-state index contributed by atoms with van der Waals surface area (Å²) in [6.45, 7) is 14.9. The maximum Gasteiger partial charge on any atom is -0.00302 e. The molecule has 0 spiro atoms. The van der Waals surface area contributed by atoms with Crippen LogP contribution < -0.4 is 0 Å². The van der Waals surface area contributed by atoms with Gasteiger partial charge in [-0.2, -0.15) is 0 Å². The molecule has 0 bridgehead atoms. The average molecular weight is 839 g/mol. The first-order valence-corrected chi connectivity index (χ1v) is 23.1. The minimum Gasteiger partial charge on any atom is -0.0984 e. The lowest BCUT2D eigenvalue weighted by atomic mass is 9.86. The monoisotopic (exact) mass is 838 g/mol. The van der Waals surface area contributed by atoms with E-state index in [4.69, 9.17) is 0 Å². The van der Waals surface area contributed by atoms with Gasteiger partial charge in [-0.05, 0) is 137 Å². The molecule has 0 aliphatic heterocycles. The first kappa shape index (κ1) is 44.1. The Balaban J connectivity index is 0.000000210. The third-order valence-corrected chi connectivity index (χ3v) is 12.5. The van der Waals surface area contributed by atoms with Crippen molar-refractivity contribution >= 4 is 43.5 Å². The topological polar surface area (TPSA) is 0 Å². The van der Waals surface area contributed by atoms with E-state index < -0.39 is 0 Å². The van der Waals surface area contributed by atoms with Gasteiger partial charge in [0.05, 0.1) is 0 Å². The van der Waals surface area contributed by atoms with E-state index in [0.717, 1.165) is 12.0 Å². The molecule has 0 fully saturated rings. The van der Waals surface area contributed by atoms with E-state index in [1.807, 2.05) is 19.9 Å². The molecule has 0 amide bonds. The number of benzene rings is 10. The fraction of sp³-hybridized carbons (Fsp3) is 0.108. The van der Waals surface area contributed by atoms with Crippen LogP contribution in [0.4, 0.5) is 0 Å². The second kappa shape index (κ2) is 20.8. The Morgan fingerprint density at radius 2 is 0.923 bits per heavy atom. The third kappa shape index (κ3) is 9.84. The molecule has 0 heterocycles. The molecular weight excluding hydrogens is 781 g/mol. The van der Waals surface area contributed by atoms with E-state index in [1.54, 1.807) is 0 Å². The van der Waals surface area contributed by atoms with Gasteiger partial charge in [0.15, 0.2) is 0 Å². The van der Waals surface area contributed by atoms with Crippen molar-refractivity contribution in [3.63, 3.8) is 0 Å². The Kier molecular flexibility index (Phi) is 14.1. The van der Waals surface area contributed by atoms with E-state index >= 15 is 0 Å². The molecule has 65 heavy (non-hydrogen) atoms. The van der Waals surface area contributed by atoms with Crippen molar-refractivity contribution in [1.82, 2.24) is 0 Å². The Morgan fingerprint density at radius 3 is 1.54 bits per heavy atom. The molecule has 0 saturated carbocycles. The Morgan fingerprint density at radius 1 is 0.431 bits per heavy atom. The molecule has 0 aromatic heterocycles. The van der Waals surface area contributed by atoms with E-state index in [1.165, 1.54) is 99.1 Å². The number of hydrogen-bond acceptors (Lipinski definition) is 0. The molecule has 0 saturated heterocycles. The fourth-order valence-electron chi connectivity index (χ4n) is 9.07. The standard InChI is InChI=1S/C42H32.C21H20.C2H6/c1-4-34(30-22-20-28(2)21-23-30)42(35-15-6-5-12-29(35)3)33-14-11-13-31(26-33)32-24-25-40-38-18-8-7-16-36(38)37-17-9-10-19-39(37)41(40)27-32;1-17(16-18-8-4-2-5-9-18)19-12-14-21(15-13-19)20-10-6-3-7-11-20;1-2/h4-27H,1H2,2-3H3;2-15,17H,16H2,1H3;1-2H3/b42-34+;;. The molecule has 1 unspecified atom stereocenters. The quantitative estimate of drug-likeness (QED) is 0.0772. The normalized spacial score (nSPS) is 11.8. The highest BCUT2D eigenvalue weighted by Crippen LogP contribution is 2.39. The van der Waals surface area contributed by atoms with Gasteiger partial charge in [0.2, 0.25) is 0 Å². The molecule has 0 N–H and O–H groups in total. The van der Waals surface area contributed by atoms with Crippen LogP contribution in [0, 0.1) is 13.8 Å². The highest BCUT2D eigenvalue weighted by Gasteiger charge is 2.16. The van der Waals surface area contributed by atoms with Crippen molar-refractivity contribution in [3.8, 4) is 22.3 Å². The number of rotatable bonds is 9. The van der Waals surface area contributed by atoms with E-state index in [0.29, 0.717) is 5.92 Å². The molecule has 0 aliphatic carbocycles. The summed E-state index contributed by atoms with van der Waals surface area (Å²) in [7, 11) is 0. The SMILES string of the molecule is C=C/C(=C(/c1cccc(-c2ccc3c4ccccc4c4ccccc4c3c2)c1)c1ccccc1C)c1ccc(C)cc1.CC.CC(Cc1ccccc1)c1ccc(-c2ccccc2)cc1. The lowest BCUT2D eigenvalue weighted by molar-refractivity contribution is 0.759. The largest absolute Gasteiger partial charge is 0.0984 e. The summed E-state index contributed by atoms with van der Waals surface area (Å²) in [5.74, 6) is 0.539. The molecule has 0 aliphatic rings. The van der Waals surface area contributed by atoms with Crippen molar-refractivity contribution in [2.45, 2.75) is 47.0 Å². The summed E-state index contributed by atoms with van der Waals surface area (Å²) in [6.07, 6.45) is 3.10. The van der Waals surface area contributed by atoms with Crippen molar-refractivity contribution in [3.05, 3.63) is 276 Å². The van der Waals surface area contributed by atoms with Crippen LogP contribution in [0.3, 0.4) is 0 Å². The summed E-state index contributed by atoms with van der Waals surface area (Å²) in [4.78, 5) is 0. The van der Waals surface area contributed by atoms with Crippen molar-refractivity contribution < 1.29 is 0 Å². The van der Waals surface area contributed by atoms with E-state index in [-0.39, 0.29) is 0 Å². The number of allylic oxidation sites excluding steroid dienone is 2. The van der Waals surface area contributed by atoms with Gasteiger partial charge in [-0.3, -0.25) is 0 Å². The van der Waals surface area contributed by atoms with Gasteiger partial charge in [0, 0.05) is 0 Å². The van der Waals surface area contributed by atoms with Crippen molar-refractivity contribution in [2.24, 2.45) is 0 Å². The Bertz CT molecular complexity index is 3170. The van der Waals surface area contributed by atoms with Gasteiger partial charge < -0.3 is 0 Å². The van der Waals surface area contributed by atoms with Crippen molar-refractivity contribution in [2.75, 3.05) is 0 Å². The molecule has 10 aromatic rings. The second-order valence-electron chi connectivity index (χ2n) is 16.7. The first-order valence-electron chi connectivity index (χ1n) is 23.1. The van der Waals surface area contributed by atoms with Crippen LogP contribution in [-0.4, -0.2) is 0 Å². The lowest BCUT2D eigenvalue weighted by Crippen LogP contribution is -1.98. The lowest BCUT2D eigenvalue weighted by Gasteiger charge is -2.18. The van der Waals surface area contributed by atoms with Crippen LogP contribution in [0.5, 0.6) is 0 Å². The summed E-state index contributed by atoms with van der Waals surface area (Å²) in [6, 6.07) is 81.0. The third-order valence-electron chi connectivity index (χ3n) is 12.5. The molecule has 0 radical (unpaired) electrons. The maximum absolute atomic E-state index is 4.27. The van der Waals surface area contributed by atoms with Crippen LogP contribution in [-0.2, 0) is 6.42 Å². The predicted octanol–water partition coefficient (Wildman–Crippen LogP) is 18.3. The van der Waals surface area contributed by atoms with Crippen LogP contribution in [0.25, 0.3) is 65.7 Å². The van der Waals surface area contributed by atoms with Gasteiger partial charge in [-0.1, -0.05) is 251 Å². The molecule has 0 nitrogen and oxygen atoms in total. The molecule has 10 aromatic carbocycles. The van der Waals surface area contributed by atoms with Gasteiger partial charge in [0.25, 0.3) is 0 Å². The van der Waals surface area contributed by atoms with Crippen molar-refractivity contribution in [1.29, 1.82) is 0 Å². The van der Waals surface area contributed by atoms with Gasteiger partial charge in [0.1, 0.15) is 0 Å². The van der Waals surface area contributed by atoms with Crippen LogP contribution in [0.2, 0.25) is 0 Å². The highest BCUT2D eigenvalue weighted by molar-refractivity contribution is 6.25. The minimum absolute atomic E-state index is 0.539. The van der Waals surface area contributed by atoms with Gasteiger partial charge in [-0.25, -0.2) is 0 Å². The number of hydrogen-bond donors (Lipinski definition) is 0. The summed E-state index contributed by atoms with van der Waals surface area (Å²) >= 11 is 0. The number of fused-ring (bicyclic) bond motifs is 6. The molecular formula is C65H58. The Hall–Kier alpha value is -7.54. The van der Waals surface area contributed by atoms with Crippen LogP contribution in [0.15, 0.2) is 237 Å². The molecule has 318 valence electrons. The maximum atomic E-state index is 4.27. The van der Waals surface area contributed by atoms with Gasteiger partial charge in [-0.15, -0.1) is 0 Å². The zero-order valence-electron chi connectivity index (χ0n) is 38.4. The summed E-state index contributed by atoms with van der Waals surface area (Å²) in [5, 5.41) is 7.76. The Labute approximate surface area is 386 Å². The predicted molar refractivity (Wildman–Crippen MR) is 285 cm³/mol. The van der Waals surface area contributed by atoms with E-state index in [2.05, 4.69) is 252 Å². The number of aryl methyl sites for hydroxylation is 2. The molecule has 1 atom stereocenters. The molecule has 0 heteroatoms. The summed E-state index contributed by atoms with van der Waals surface area (Å²) < 4.78 is 0. The first-order chi connectivity index (χ1) is 31.9. The fourth-order valence-corrected chi connectivity index (χ4v) is 9.07. The van der Waals surface area contributed by atoms with E-state index in [9.17, 15) is 0 Å². The van der Waals surface area contributed by atoms with Crippen LogP contribution in [0.1, 0.15) is 65.6 Å². The van der Waals surface area contributed by atoms with Crippen LogP contribution >= 0.6 is 0 Å². The molecule has 10 rings (SSSR count). The highest BCUT2D eigenvalue weighted by atomic mass is 14.2. The average Bonchev–Trinajstić information content (AvgIpc) is 3.37. The smallest absolute Gasteiger partial charge is 0.00302 e. The minimum atomic E-state index is 0.539. The second-order valence-corrected chi connectivity index (χ2v) is 16.7. The van der Waals surface area contributed by atoms with Gasteiger partial charge >= 0.3 is 0 Å².